The number of aliphatic carboxylic acids is 1. The van der Waals surface area contributed by atoms with E-state index in [1.807, 2.05) is 27.7 Å². The van der Waals surface area contributed by atoms with Crippen LogP contribution in [-0.2, 0) is 47.9 Å². The fourth-order valence-electron chi connectivity index (χ4n) is 6.10. The van der Waals surface area contributed by atoms with Crippen LogP contribution in [0, 0.1) is 23.7 Å². The largest absolute Gasteiger partial charge is 0.480 e. The number of rotatable bonds is 32. The zero-order chi connectivity index (χ0) is 48.4. The van der Waals surface area contributed by atoms with E-state index in [1.165, 1.54) is 0 Å². The van der Waals surface area contributed by atoms with Gasteiger partial charge in [0.15, 0.2) is 0 Å². The summed E-state index contributed by atoms with van der Waals surface area (Å²) in [4.78, 5) is 127. The summed E-state index contributed by atoms with van der Waals surface area (Å²) in [6, 6.07) is -6.69. The molecule has 15 N–H and O–H groups in total. The number of amides is 9. The second-order valence-corrected chi connectivity index (χ2v) is 17.1. The smallest absolute Gasteiger partial charge is 0.326 e. The van der Waals surface area contributed by atoms with Crippen LogP contribution >= 0.6 is 0 Å². The van der Waals surface area contributed by atoms with Crippen LogP contribution in [0.1, 0.15) is 113 Å². The highest BCUT2D eigenvalue weighted by Crippen LogP contribution is 2.12. The van der Waals surface area contributed by atoms with Crippen LogP contribution in [-0.4, -0.2) is 127 Å². The summed E-state index contributed by atoms with van der Waals surface area (Å²) in [5.41, 5.74) is 16.8. The fourth-order valence-corrected chi connectivity index (χ4v) is 6.10. The molecule has 0 saturated heterocycles. The molecule has 0 spiro atoms. The molecule has 0 bridgehead atoms. The van der Waals surface area contributed by atoms with Gasteiger partial charge in [-0.15, -0.1) is 0 Å². The highest BCUT2D eigenvalue weighted by Gasteiger charge is 2.32. The predicted molar refractivity (Wildman–Crippen MR) is 233 cm³/mol. The number of nitrogens with two attached hydrogens (primary N) is 3. The van der Waals surface area contributed by atoms with E-state index in [1.54, 1.807) is 27.7 Å². The van der Waals surface area contributed by atoms with Crippen LogP contribution in [0.25, 0.3) is 0 Å². The first kappa shape index (κ1) is 57.6. The Bertz CT molecular complexity index is 1540. The summed E-state index contributed by atoms with van der Waals surface area (Å²) in [6.07, 6.45) is 2.13. The Hall–Kier alpha value is -5.38. The van der Waals surface area contributed by atoms with Gasteiger partial charge in [0.2, 0.25) is 53.2 Å². The van der Waals surface area contributed by atoms with Gasteiger partial charge < -0.3 is 64.8 Å². The zero-order valence-corrected chi connectivity index (χ0v) is 38.2. The van der Waals surface area contributed by atoms with E-state index in [4.69, 9.17) is 17.2 Å². The van der Waals surface area contributed by atoms with Gasteiger partial charge in [-0.25, -0.2) is 4.79 Å². The lowest BCUT2D eigenvalue weighted by Crippen LogP contribution is -2.57. The lowest BCUT2D eigenvalue weighted by Gasteiger charge is -2.26. The van der Waals surface area contributed by atoms with Gasteiger partial charge >= 0.3 is 5.97 Å². The van der Waals surface area contributed by atoms with Crippen molar-refractivity contribution in [3.05, 3.63) is 0 Å². The van der Waals surface area contributed by atoms with E-state index < -0.39 is 121 Å². The molecular weight excluding hydrogens is 823 g/mol. The third kappa shape index (κ3) is 25.4. The van der Waals surface area contributed by atoms with E-state index in [-0.39, 0.29) is 49.9 Å². The molecule has 0 rings (SSSR count). The summed E-state index contributed by atoms with van der Waals surface area (Å²) >= 11 is 0. The molecule has 0 heterocycles. The quantitative estimate of drug-likeness (QED) is 0.0318. The Morgan fingerprint density at radius 1 is 0.524 bits per heavy atom. The van der Waals surface area contributed by atoms with Crippen molar-refractivity contribution in [2.75, 3.05) is 26.2 Å². The molecule has 22 nitrogen and oxygen atoms in total. The predicted octanol–water partition coefficient (Wildman–Crippen LogP) is -2.25. The molecule has 0 aromatic rings. The van der Waals surface area contributed by atoms with Crippen LogP contribution in [0.15, 0.2) is 0 Å². The van der Waals surface area contributed by atoms with Gasteiger partial charge in [0.25, 0.3) is 0 Å². The number of nitrogens with one attached hydrogen (secondary N) is 8. The van der Waals surface area contributed by atoms with Gasteiger partial charge in [-0.1, -0.05) is 68.2 Å². The van der Waals surface area contributed by atoms with Crippen LogP contribution in [0.5, 0.6) is 0 Å². The molecular formula is C41H75N11O11. The summed E-state index contributed by atoms with van der Waals surface area (Å²) in [6.45, 7) is 13.0. The van der Waals surface area contributed by atoms with Crippen molar-refractivity contribution in [2.24, 2.45) is 40.9 Å². The summed E-state index contributed by atoms with van der Waals surface area (Å²) < 4.78 is 0. The van der Waals surface area contributed by atoms with E-state index in [2.05, 4.69) is 42.5 Å². The number of carbonyl (C=O) groups is 10. The van der Waals surface area contributed by atoms with Gasteiger partial charge in [-0.2, -0.15) is 0 Å². The number of carbonyl (C=O) groups excluding carboxylic acids is 9. The SMILES string of the molecule is CC[C@H](C)[C@H](NC(=O)[C@H](CCC(N)=O)NC(=O)CNC(=O)CNC(=O)[C@H](CC(C)C)NC(=O)[C@H](CC(C)C)NC(=O)[C@@H](N)CCCCN)C(=O)NCC(=O)N[C@@H](CC(C)C)C(=O)O. The minimum atomic E-state index is -1.40. The van der Waals surface area contributed by atoms with Crippen molar-refractivity contribution in [1.82, 2.24) is 42.5 Å². The summed E-state index contributed by atoms with van der Waals surface area (Å²) in [7, 11) is 0. The molecule has 7 atom stereocenters. The minimum absolute atomic E-state index is 0.00276. The van der Waals surface area contributed by atoms with E-state index >= 15 is 0 Å². The third-order valence-electron chi connectivity index (χ3n) is 9.74. The number of unbranched alkanes of at least 4 members (excludes halogenated alkanes) is 1. The van der Waals surface area contributed by atoms with E-state index in [0.717, 1.165) is 0 Å². The lowest BCUT2D eigenvalue weighted by atomic mass is 9.97. The molecule has 0 aromatic carbocycles. The second kappa shape index (κ2) is 30.6. The second-order valence-electron chi connectivity index (χ2n) is 17.1. The molecule has 0 unspecified atom stereocenters. The maximum Gasteiger partial charge on any atom is 0.326 e. The van der Waals surface area contributed by atoms with E-state index in [0.29, 0.717) is 32.2 Å². The van der Waals surface area contributed by atoms with Crippen molar-refractivity contribution >= 4 is 59.1 Å². The molecule has 0 saturated carbocycles. The first-order valence-corrected chi connectivity index (χ1v) is 21.7. The number of hydrogen-bond donors (Lipinski definition) is 12. The Morgan fingerprint density at radius 3 is 1.49 bits per heavy atom. The molecule has 0 fully saturated rings. The molecule has 0 aliphatic carbocycles. The van der Waals surface area contributed by atoms with E-state index in [9.17, 15) is 53.1 Å². The highest BCUT2D eigenvalue weighted by molar-refractivity contribution is 5.96. The van der Waals surface area contributed by atoms with Crippen molar-refractivity contribution in [2.45, 2.75) is 149 Å². The van der Waals surface area contributed by atoms with Crippen molar-refractivity contribution in [3.8, 4) is 0 Å². The standard InChI is InChI=1S/C41H75N11O11/c1-9-25(8)35(40(61)47-21-34(56)49-30(41(62)63)18-24(6)7)52-38(59)27(13-14-31(44)53)48-33(55)20-45-32(54)19-46-37(58)28(16-22(2)3)51-39(60)29(17-23(4)5)50-36(57)26(43)12-10-11-15-42/h22-30,35H,9-21,42-43H2,1-8H3,(H2,44,53)(H,45,54)(H,46,58)(H,47,61)(H,48,55)(H,49,56)(H,50,57)(H,51,60)(H,52,59)(H,62,63)/t25-,26-,27-,28-,29-,30-,35-/m0/s1. The lowest BCUT2D eigenvalue weighted by molar-refractivity contribution is -0.142. The van der Waals surface area contributed by atoms with Gasteiger partial charge in [-0.05, 0) is 68.7 Å². The first-order valence-electron chi connectivity index (χ1n) is 21.7. The van der Waals surface area contributed by atoms with Gasteiger partial charge in [0, 0.05) is 6.42 Å². The summed E-state index contributed by atoms with van der Waals surface area (Å²) in [5, 5.41) is 29.3. The molecule has 0 aliphatic rings. The average Bonchev–Trinajstić information content (AvgIpc) is 3.19. The normalized spacial score (nSPS) is 14.5. The average molecular weight is 898 g/mol. The molecule has 0 radical (unpaired) electrons. The monoisotopic (exact) mass is 898 g/mol. The highest BCUT2D eigenvalue weighted by atomic mass is 16.4. The molecule has 0 aromatic heterocycles. The number of carboxylic acid groups (broad SMARTS) is 1. The molecule has 63 heavy (non-hydrogen) atoms. The van der Waals surface area contributed by atoms with Crippen LogP contribution in [0.3, 0.4) is 0 Å². The van der Waals surface area contributed by atoms with Crippen LogP contribution in [0.4, 0.5) is 0 Å². The van der Waals surface area contributed by atoms with Crippen molar-refractivity contribution in [1.29, 1.82) is 0 Å². The number of hydrogen-bond acceptors (Lipinski definition) is 12. The maximum atomic E-state index is 13.4. The summed E-state index contributed by atoms with van der Waals surface area (Å²) in [5.74, 6) is -8.45. The zero-order valence-electron chi connectivity index (χ0n) is 38.2. The Labute approximate surface area is 370 Å². The number of carboxylic acids is 1. The molecule has 22 heteroatoms. The Morgan fingerprint density at radius 2 is 0.984 bits per heavy atom. The fraction of sp³-hybridized carbons (Fsp3) is 0.756. The molecule has 360 valence electrons. The van der Waals surface area contributed by atoms with Gasteiger partial charge in [-0.3, -0.25) is 43.2 Å². The maximum absolute atomic E-state index is 13.4. The number of primary amides is 1. The van der Waals surface area contributed by atoms with Gasteiger partial charge in [0.05, 0.1) is 25.7 Å². The Kier molecular flexibility index (Phi) is 28.0. The van der Waals surface area contributed by atoms with Crippen molar-refractivity contribution < 1.29 is 53.1 Å². The van der Waals surface area contributed by atoms with Gasteiger partial charge in [0.1, 0.15) is 30.2 Å². The minimum Gasteiger partial charge on any atom is -0.480 e. The first-order chi connectivity index (χ1) is 29.4. The van der Waals surface area contributed by atoms with Crippen molar-refractivity contribution in [3.63, 3.8) is 0 Å². The topological polar surface area (TPSA) is 365 Å². The van der Waals surface area contributed by atoms with Crippen LogP contribution in [0.2, 0.25) is 0 Å². The Balaban J connectivity index is 5.60. The molecule has 0 aliphatic heterocycles. The van der Waals surface area contributed by atoms with Crippen LogP contribution < -0.4 is 59.7 Å². The third-order valence-corrected chi connectivity index (χ3v) is 9.74. The molecule has 9 amide bonds.